The van der Waals surface area contributed by atoms with Gasteiger partial charge in [0.2, 0.25) is 0 Å². The lowest BCUT2D eigenvalue weighted by atomic mass is 9.93. The molecule has 3 aromatic carbocycles. The molecule has 0 aromatic heterocycles. The van der Waals surface area contributed by atoms with Gasteiger partial charge in [-0.3, -0.25) is 14.9 Å². The Morgan fingerprint density at radius 3 is 2.43 bits per heavy atom. The summed E-state index contributed by atoms with van der Waals surface area (Å²) in [7, 11) is 0. The zero-order valence-corrected chi connectivity index (χ0v) is 16.3. The number of nitro groups is 1. The summed E-state index contributed by atoms with van der Waals surface area (Å²) in [6.45, 7) is 0. The SMILES string of the molecule is O=C(Nc1ccc([N+](=O)[O-])cc1)c1ccc2c(c1)C[C@H](c1ccc(Cl)cc1)OC2=O. The molecule has 7 nitrogen and oxygen atoms in total. The molecular formula is C22H15ClN2O5. The standard InChI is InChI=1S/C22H15ClN2O5/c23-16-4-1-13(2-5-16)20-12-15-11-14(3-10-19(15)22(27)30-20)21(26)24-17-6-8-18(9-7-17)25(28)29/h1-11,20H,12H2,(H,24,26)/t20-/m1/s1. The Morgan fingerprint density at radius 1 is 1.07 bits per heavy atom. The second kappa shape index (κ2) is 7.96. The molecule has 0 fully saturated rings. The minimum absolute atomic E-state index is 0.0615. The van der Waals surface area contributed by atoms with Gasteiger partial charge >= 0.3 is 5.97 Å². The molecule has 0 spiro atoms. The van der Waals surface area contributed by atoms with Crippen molar-refractivity contribution in [2.75, 3.05) is 5.32 Å². The summed E-state index contributed by atoms with van der Waals surface area (Å²) in [4.78, 5) is 35.2. The number of ether oxygens (including phenoxy) is 1. The molecule has 150 valence electrons. The third kappa shape index (κ3) is 4.01. The van der Waals surface area contributed by atoms with Crippen molar-refractivity contribution in [1.29, 1.82) is 0 Å². The molecule has 1 heterocycles. The molecule has 0 unspecified atom stereocenters. The number of rotatable bonds is 4. The van der Waals surface area contributed by atoms with Crippen molar-refractivity contribution >= 4 is 34.9 Å². The largest absolute Gasteiger partial charge is 0.454 e. The van der Waals surface area contributed by atoms with Gasteiger partial charge in [0.1, 0.15) is 6.10 Å². The second-order valence-corrected chi connectivity index (χ2v) is 7.22. The monoisotopic (exact) mass is 422 g/mol. The number of esters is 1. The summed E-state index contributed by atoms with van der Waals surface area (Å²) in [5.74, 6) is -0.827. The number of non-ortho nitro benzene ring substituents is 1. The topological polar surface area (TPSA) is 98.5 Å². The normalized spacial score (nSPS) is 15.1. The van der Waals surface area contributed by atoms with Gasteiger partial charge in [-0.2, -0.15) is 0 Å². The molecule has 0 saturated heterocycles. The molecule has 1 N–H and O–H groups in total. The van der Waals surface area contributed by atoms with Crippen LogP contribution in [-0.4, -0.2) is 16.8 Å². The van der Waals surface area contributed by atoms with Crippen LogP contribution in [0.2, 0.25) is 5.02 Å². The van der Waals surface area contributed by atoms with Crippen molar-refractivity contribution in [3.63, 3.8) is 0 Å². The summed E-state index contributed by atoms with van der Waals surface area (Å²) >= 11 is 5.92. The first-order chi connectivity index (χ1) is 14.4. The van der Waals surface area contributed by atoms with Gasteiger partial charge in [0.15, 0.2) is 0 Å². The van der Waals surface area contributed by atoms with Crippen molar-refractivity contribution in [1.82, 2.24) is 0 Å². The van der Waals surface area contributed by atoms with E-state index in [0.29, 0.717) is 33.8 Å². The van der Waals surface area contributed by atoms with Crippen LogP contribution in [0.3, 0.4) is 0 Å². The Hall–Kier alpha value is -3.71. The average Bonchev–Trinajstić information content (AvgIpc) is 2.74. The Bertz CT molecular complexity index is 1140. The van der Waals surface area contributed by atoms with Gasteiger partial charge in [-0.05, 0) is 53.6 Å². The van der Waals surface area contributed by atoms with Crippen LogP contribution in [-0.2, 0) is 11.2 Å². The minimum atomic E-state index is -0.509. The lowest BCUT2D eigenvalue weighted by Gasteiger charge is -2.25. The number of benzene rings is 3. The zero-order chi connectivity index (χ0) is 21.3. The fourth-order valence-electron chi connectivity index (χ4n) is 3.27. The van der Waals surface area contributed by atoms with E-state index in [1.807, 2.05) is 0 Å². The first-order valence-corrected chi connectivity index (χ1v) is 9.44. The van der Waals surface area contributed by atoms with Crippen LogP contribution in [0.1, 0.15) is 37.9 Å². The lowest BCUT2D eigenvalue weighted by Crippen LogP contribution is -2.23. The number of fused-ring (bicyclic) bond motifs is 1. The number of halogens is 1. The molecule has 1 amide bonds. The van der Waals surface area contributed by atoms with Crippen LogP contribution in [0.5, 0.6) is 0 Å². The van der Waals surface area contributed by atoms with E-state index >= 15 is 0 Å². The number of cyclic esters (lactones) is 1. The van der Waals surface area contributed by atoms with Crippen molar-refractivity contribution in [3.8, 4) is 0 Å². The van der Waals surface area contributed by atoms with Crippen molar-refractivity contribution < 1.29 is 19.2 Å². The maximum atomic E-state index is 12.6. The number of nitro benzene ring substituents is 1. The first kappa shape index (κ1) is 19.6. The Kier molecular flexibility index (Phi) is 5.20. The summed E-state index contributed by atoms with van der Waals surface area (Å²) in [6.07, 6.45) is -0.0308. The molecule has 1 atom stereocenters. The summed E-state index contributed by atoms with van der Waals surface area (Å²) < 4.78 is 5.53. The van der Waals surface area contributed by atoms with Crippen LogP contribution < -0.4 is 5.32 Å². The fourth-order valence-corrected chi connectivity index (χ4v) is 3.40. The van der Waals surface area contributed by atoms with E-state index in [-0.39, 0.29) is 11.6 Å². The van der Waals surface area contributed by atoms with Gasteiger partial charge in [-0.25, -0.2) is 4.79 Å². The number of hydrogen-bond acceptors (Lipinski definition) is 5. The predicted molar refractivity (Wildman–Crippen MR) is 111 cm³/mol. The number of anilines is 1. The van der Waals surface area contributed by atoms with Crippen molar-refractivity contribution in [2.45, 2.75) is 12.5 Å². The molecule has 0 radical (unpaired) electrons. The molecule has 3 aromatic rings. The van der Waals surface area contributed by atoms with Gasteiger partial charge in [0.25, 0.3) is 11.6 Å². The van der Waals surface area contributed by atoms with Gasteiger partial charge in [-0.15, -0.1) is 0 Å². The fraction of sp³-hybridized carbons (Fsp3) is 0.0909. The smallest absolute Gasteiger partial charge is 0.339 e. The van der Waals surface area contributed by atoms with Crippen LogP contribution in [0, 0.1) is 10.1 Å². The molecule has 1 aliphatic rings. The Morgan fingerprint density at radius 2 is 1.77 bits per heavy atom. The van der Waals surface area contributed by atoms with E-state index in [1.165, 1.54) is 24.3 Å². The number of amides is 1. The molecule has 0 saturated carbocycles. The van der Waals surface area contributed by atoms with E-state index in [4.69, 9.17) is 16.3 Å². The highest BCUT2D eigenvalue weighted by molar-refractivity contribution is 6.30. The maximum absolute atomic E-state index is 12.6. The molecule has 4 rings (SSSR count). The van der Waals surface area contributed by atoms with Crippen LogP contribution in [0.25, 0.3) is 0 Å². The van der Waals surface area contributed by atoms with Crippen LogP contribution in [0.4, 0.5) is 11.4 Å². The predicted octanol–water partition coefficient (Wildman–Crippen LogP) is 4.95. The van der Waals surface area contributed by atoms with E-state index in [1.54, 1.807) is 42.5 Å². The quantitative estimate of drug-likeness (QED) is 0.364. The average molecular weight is 423 g/mol. The zero-order valence-electron chi connectivity index (χ0n) is 15.5. The van der Waals surface area contributed by atoms with E-state index in [2.05, 4.69) is 5.32 Å². The number of carbonyl (C=O) groups is 2. The van der Waals surface area contributed by atoms with Crippen LogP contribution >= 0.6 is 11.6 Å². The van der Waals surface area contributed by atoms with Crippen molar-refractivity contribution in [3.05, 3.63) is 104 Å². The van der Waals surface area contributed by atoms with Gasteiger partial charge in [-0.1, -0.05) is 23.7 Å². The molecule has 8 heteroatoms. The van der Waals surface area contributed by atoms with E-state index in [0.717, 1.165) is 5.56 Å². The number of hydrogen-bond donors (Lipinski definition) is 1. The third-order valence-corrected chi connectivity index (χ3v) is 5.07. The molecule has 1 aliphatic heterocycles. The highest BCUT2D eigenvalue weighted by Gasteiger charge is 2.28. The molecule has 0 bridgehead atoms. The van der Waals surface area contributed by atoms with E-state index in [9.17, 15) is 19.7 Å². The van der Waals surface area contributed by atoms with Crippen molar-refractivity contribution in [2.24, 2.45) is 0 Å². The maximum Gasteiger partial charge on any atom is 0.339 e. The third-order valence-electron chi connectivity index (χ3n) is 4.82. The number of carbonyl (C=O) groups excluding carboxylic acids is 2. The van der Waals surface area contributed by atoms with Gasteiger partial charge in [0, 0.05) is 34.8 Å². The highest BCUT2D eigenvalue weighted by atomic mass is 35.5. The van der Waals surface area contributed by atoms with E-state index < -0.39 is 17.0 Å². The molecular weight excluding hydrogens is 408 g/mol. The molecule has 0 aliphatic carbocycles. The summed E-state index contributed by atoms with van der Waals surface area (Å²) in [5, 5.41) is 14.0. The summed E-state index contributed by atoms with van der Waals surface area (Å²) in [6, 6.07) is 17.4. The van der Waals surface area contributed by atoms with Gasteiger partial charge in [0.05, 0.1) is 10.5 Å². The number of nitrogens with zero attached hydrogens (tertiary/aromatic N) is 1. The van der Waals surface area contributed by atoms with Gasteiger partial charge < -0.3 is 10.1 Å². The number of nitrogens with one attached hydrogen (secondary N) is 1. The minimum Gasteiger partial charge on any atom is -0.454 e. The summed E-state index contributed by atoms with van der Waals surface area (Å²) in [5.41, 5.74) is 2.70. The Balaban J connectivity index is 1.54. The lowest BCUT2D eigenvalue weighted by molar-refractivity contribution is -0.384. The Labute approximate surface area is 176 Å². The molecule has 30 heavy (non-hydrogen) atoms. The highest BCUT2D eigenvalue weighted by Crippen LogP contribution is 2.32. The first-order valence-electron chi connectivity index (χ1n) is 9.06. The van der Waals surface area contributed by atoms with Crippen LogP contribution in [0.15, 0.2) is 66.7 Å². The second-order valence-electron chi connectivity index (χ2n) is 6.78.